The van der Waals surface area contributed by atoms with Crippen LogP contribution in [0.2, 0.25) is 0 Å². The quantitative estimate of drug-likeness (QED) is 0.599. The molecule has 1 aliphatic heterocycles. The lowest BCUT2D eigenvalue weighted by molar-refractivity contribution is -0.384. The topological polar surface area (TPSA) is 78.6 Å². The lowest BCUT2D eigenvalue weighted by atomic mass is 9.89. The number of anilines is 1. The van der Waals surface area contributed by atoms with Crippen molar-refractivity contribution >= 4 is 27.3 Å². The first-order valence-corrected chi connectivity index (χ1v) is 9.46. The minimum absolute atomic E-state index is 0.106. The molecule has 132 valence electrons. The van der Waals surface area contributed by atoms with E-state index in [0.717, 1.165) is 45.2 Å². The molecule has 24 heavy (non-hydrogen) atoms. The zero-order valence-electron chi connectivity index (χ0n) is 13.7. The van der Waals surface area contributed by atoms with Crippen LogP contribution in [0.5, 0.6) is 0 Å². The van der Waals surface area contributed by atoms with E-state index in [1.165, 1.54) is 12.5 Å². The number of rotatable bonds is 4. The second-order valence-electron chi connectivity index (χ2n) is 6.79. The number of halogens is 1. The average Bonchev–Trinajstić information content (AvgIpc) is 2.57. The van der Waals surface area contributed by atoms with Crippen molar-refractivity contribution < 1.29 is 10.0 Å². The summed E-state index contributed by atoms with van der Waals surface area (Å²) >= 11 is 3.28. The molecule has 0 bridgehead atoms. The van der Waals surface area contributed by atoms with Crippen molar-refractivity contribution in [1.29, 1.82) is 0 Å². The van der Waals surface area contributed by atoms with Crippen LogP contribution in [0.25, 0.3) is 0 Å². The third kappa shape index (κ3) is 4.07. The van der Waals surface area contributed by atoms with Gasteiger partial charge in [-0.25, -0.2) is 0 Å². The fourth-order valence-corrected chi connectivity index (χ4v) is 4.24. The molecule has 2 N–H and O–H groups in total. The van der Waals surface area contributed by atoms with E-state index < -0.39 is 0 Å². The zero-order valence-corrected chi connectivity index (χ0v) is 15.2. The number of hydrogen-bond donors (Lipinski definition) is 2. The first-order valence-electron chi connectivity index (χ1n) is 8.67. The number of nitro benzene ring substituents is 1. The molecule has 3 rings (SSSR count). The molecule has 1 saturated heterocycles. The molecule has 1 aromatic rings. The van der Waals surface area contributed by atoms with Gasteiger partial charge in [0, 0.05) is 35.7 Å². The number of likely N-dealkylation sites (tertiary alicyclic amines) is 1. The predicted octanol–water partition coefficient (Wildman–Crippen LogP) is 3.54. The molecule has 6 nitrogen and oxygen atoms in total. The summed E-state index contributed by atoms with van der Waals surface area (Å²) < 4.78 is 0.709. The van der Waals surface area contributed by atoms with Crippen LogP contribution in [0.1, 0.15) is 38.5 Å². The second-order valence-corrected chi connectivity index (χ2v) is 7.71. The number of nitro groups is 1. The highest BCUT2D eigenvalue weighted by Gasteiger charge is 2.31. The van der Waals surface area contributed by atoms with Crippen LogP contribution in [0, 0.1) is 10.1 Å². The molecule has 0 aromatic heterocycles. The fraction of sp³-hybridized carbons (Fsp3) is 0.647. The van der Waals surface area contributed by atoms with Gasteiger partial charge < -0.3 is 10.4 Å². The molecule has 2 fully saturated rings. The molecule has 2 atom stereocenters. The van der Waals surface area contributed by atoms with Gasteiger partial charge in [0.25, 0.3) is 5.69 Å². The highest BCUT2D eigenvalue weighted by atomic mass is 79.9. The molecular formula is C17H24BrN3O3. The van der Waals surface area contributed by atoms with E-state index in [2.05, 4.69) is 26.1 Å². The van der Waals surface area contributed by atoms with Crippen molar-refractivity contribution in [3.05, 3.63) is 32.8 Å². The van der Waals surface area contributed by atoms with Crippen molar-refractivity contribution in [2.75, 3.05) is 18.4 Å². The van der Waals surface area contributed by atoms with Gasteiger partial charge in [0.1, 0.15) is 5.69 Å². The van der Waals surface area contributed by atoms with Gasteiger partial charge in [0.15, 0.2) is 0 Å². The molecular weight excluding hydrogens is 374 g/mol. The van der Waals surface area contributed by atoms with Crippen LogP contribution in [0.15, 0.2) is 22.7 Å². The Bertz CT molecular complexity index is 590. The van der Waals surface area contributed by atoms with Gasteiger partial charge in [0.2, 0.25) is 0 Å². The van der Waals surface area contributed by atoms with Crippen LogP contribution >= 0.6 is 15.9 Å². The molecule has 0 radical (unpaired) electrons. The van der Waals surface area contributed by atoms with Gasteiger partial charge in [-0.15, -0.1) is 0 Å². The van der Waals surface area contributed by atoms with Gasteiger partial charge in [-0.2, -0.15) is 0 Å². The van der Waals surface area contributed by atoms with Crippen molar-refractivity contribution in [1.82, 2.24) is 4.90 Å². The summed E-state index contributed by atoms with van der Waals surface area (Å²) in [6.45, 7) is 1.87. The number of aliphatic hydroxyl groups is 1. The number of nitrogens with one attached hydrogen (secondary N) is 1. The minimum Gasteiger partial charge on any atom is -0.391 e. The molecule has 1 aromatic carbocycles. The highest BCUT2D eigenvalue weighted by Crippen LogP contribution is 2.31. The molecule has 1 heterocycles. The largest absolute Gasteiger partial charge is 0.391 e. The molecule has 0 spiro atoms. The van der Waals surface area contributed by atoms with Crippen LogP contribution < -0.4 is 5.32 Å². The fourth-order valence-electron chi connectivity index (χ4n) is 3.89. The van der Waals surface area contributed by atoms with Gasteiger partial charge in [-0.3, -0.25) is 15.0 Å². The Balaban J connectivity index is 1.59. The SMILES string of the molecule is O=[N+]([O-])c1cc(Br)ccc1NC1CCN(C2CCCCC2O)CC1. The first-order chi connectivity index (χ1) is 11.5. The number of hydrogen-bond acceptors (Lipinski definition) is 5. The molecule has 1 aliphatic carbocycles. The Morgan fingerprint density at radius 2 is 1.92 bits per heavy atom. The summed E-state index contributed by atoms with van der Waals surface area (Å²) in [4.78, 5) is 13.3. The number of benzene rings is 1. The Kier molecular flexibility index (Phi) is 5.73. The van der Waals surface area contributed by atoms with E-state index in [-0.39, 0.29) is 22.8 Å². The van der Waals surface area contributed by atoms with Gasteiger partial charge in [0.05, 0.1) is 11.0 Å². The van der Waals surface area contributed by atoms with Gasteiger partial charge in [-0.05, 0) is 37.8 Å². The summed E-state index contributed by atoms with van der Waals surface area (Å²) in [5.41, 5.74) is 0.689. The van der Waals surface area contributed by atoms with E-state index in [1.807, 2.05) is 6.07 Å². The number of piperidine rings is 1. The van der Waals surface area contributed by atoms with E-state index in [9.17, 15) is 15.2 Å². The van der Waals surface area contributed by atoms with Gasteiger partial charge in [-0.1, -0.05) is 28.8 Å². The lowest BCUT2D eigenvalue weighted by Gasteiger charge is -2.41. The number of aliphatic hydroxyl groups excluding tert-OH is 1. The Labute approximate surface area is 150 Å². The third-order valence-electron chi connectivity index (χ3n) is 5.21. The van der Waals surface area contributed by atoms with Crippen LogP contribution in [-0.2, 0) is 0 Å². The third-order valence-corrected chi connectivity index (χ3v) is 5.70. The smallest absolute Gasteiger partial charge is 0.293 e. The average molecular weight is 398 g/mol. The Hall–Kier alpha value is -1.18. The lowest BCUT2D eigenvalue weighted by Crippen LogP contribution is -2.50. The maximum Gasteiger partial charge on any atom is 0.293 e. The summed E-state index contributed by atoms with van der Waals surface area (Å²) in [6.07, 6.45) is 6.00. The monoisotopic (exact) mass is 397 g/mol. The van der Waals surface area contributed by atoms with E-state index in [0.29, 0.717) is 16.2 Å². The van der Waals surface area contributed by atoms with Crippen LogP contribution in [0.3, 0.4) is 0 Å². The minimum atomic E-state index is -0.347. The van der Waals surface area contributed by atoms with Crippen molar-refractivity contribution in [2.24, 2.45) is 0 Å². The normalized spacial score (nSPS) is 26.2. The summed E-state index contributed by atoms with van der Waals surface area (Å²) in [5.74, 6) is 0. The van der Waals surface area contributed by atoms with Crippen LogP contribution in [0.4, 0.5) is 11.4 Å². The molecule has 1 saturated carbocycles. The Morgan fingerprint density at radius 1 is 1.21 bits per heavy atom. The van der Waals surface area contributed by atoms with Crippen molar-refractivity contribution in [3.63, 3.8) is 0 Å². The predicted molar refractivity (Wildman–Crippen MR) is 97.3 cm³/mol. The Morgan fingerprint density at radius 3 is 2.58 bits per heavy atom. The van der Waals surface area contributed by atoms with E-state index >= 15 is 0 Å². The van der Waals surface area contributed by atoms with Crippen molar-refractivity contribution in [2.45, 2.75) is 56.7 Å². The number of nitrogens with zero attached hydrogens (tertiary/aromatic N) is 2. The second kappa shape index (κ2) is 7.80. The zero-order chi connectivity index (χ0) is 17.1. The van der Waals surface area contributed by atoms with Crippen molar-refractivity contribution in [3.8, 4) is 0 Å². The molecule has 2 unspecified atom stereocenters. The highest BCUT2D eigenvalue weighted by molar-refractivity contribution is 9.10. The van der Waals surface area contributed by atoms with E-state index in [1.54, 1.807) is 6.07 Å². The maximum atomic E-state index is 11.2. The molecule has 0 amide bonds. The molecule has 7 heteroatoms. The maximum absolute atomic E-state index is 11.2. The van der Waals surface area contributed by atoms with Crippen LogP contribution in [-0.4, -0.2) is 46.2 Å². The summed E-state index contributed by atoms with van der Waals surface area (Å²) in [7, 11) is 0. The summed E-state index contributed by atoms with van der Waals surface area (Å²) in [5, 5.41) is 24.8. The first kappa shape index (κ1) is 17.6. The molecule has 2 aliphatic rings. The summed E-state index contributed by atoms with van der Waals surface area (Å²) in [6, 6.07) is 5.65. The van der Waals surface area contributed by atoms with E-state index in [4.69, 9.17) is 0 Å². The standard InChI is InChI=1S/C17H24BrN3O3/c18-12-5-6-14(16(11-12)21(23)24)19-13-7-9-20(10-8-13)15-3-1-2-4-17(15)22/h5-6,11,13,15,17,19,22H,1-4,7-10H2. The van der Waals surface area contributed by atoms with Gasteiger partial charge >= 0.3 is 0 Å².